The van der Waals surface area contributed by atoms with Crippen LogP contribution in [0.25, 0.3) is 0 Å². The molecule has 8 nitrogen and oxygen atoms in total. The molecule has 1 N–H and O–H groups in total. The molecular weight excluding hydrogens is 340 g/mol. The van der Waals surface area contributed by atoms with Crippen molar-refractivity contribution in [3.63, 3.8) is 0 Å². The highest BCUT2D eigenvalue weighted by Gasteiger charge is 2.30. The van der Waals surface area contributed by atoms with E-state index in [1.54, 1.807) is 13.0 Å². The lowest BCUT2D eigenvalue weighted by atomic mass is 10.4. The van der Waals surface area contributed by atoms with Crippen molar-refractivity contribution >= 4 is 33.7 Å². The van der Waals surface area contributed by atoms with Gasteiger partial charge in [0.1, 0.15) is 4.90 Å². The SMILES string of the molecule is CC(Sc1ccc(S(=O)(=O)N(C)C)cn1)C(=O)N1CCNC1=O. The molecule has 1 saturated heterocycles. The van der Waals surface area contributed by atoms with Gasteiger partial charge in [0, 0.05) is 33.4 Å². The topological polar surface area (TPSA) is 99.7 Å². The van der Waals surface area contributed by atoms with Crippen LogP contribution in [-0.2, 0) is 14.8 Å². The van der Waals surface area contributed by atoms with Crippen LogP contribution in [0.2, 0.25) is 0 Å². The monoisotopic (exact) mass is 358 g/mol. The molecule has 1 aliphatic rings. The second kappa shape index (κ2) is 6.85. The lowest BCUT2D eigenvalue weighted by molar-refractivity contribution is -0.126. The molecule has 0 saturated carbocycles. The quantitative estimate of drug-likeness (QED) is 0.763. The van der Waals surface area contributed by atoms with Crippen molar-refractivity contribution in [1.82, 2.24) is 19.5 Å². The van der Waals surface area contributed by atoms with E-state index in [4.69, 9.17) is 0 Å². The number of nitrogens with zero attached hydrogens (tertiary/aromatic N) is 3. The minimum absolute atomic E-state index is 0.0877. The molecule has 1 aromatic heterocycles. The maximum Gasteiger partial charge on any atom is 0.324 e. The standard InChI is InChI=1S/C13H18N4O4S2/c1-9(12(18)17-7-6-14-13(17)19)22-11-5-4-10(8-15-11)23(20,21)16(2)3/h4-5,8-9H,6-7H2,1-3H3,(H,14,19). The minimum Gasteiger partial charge on any atom is -0.336 e. The maximum atomic E-state index is 12.2. The molecule has 1 aromatic rings. The van der Waals surface area contributed by atoms with E-state index in [0.717, 1.165) is 4.31 Å². The largest absolute Gasteiger partial charge is 0.336 e. The zero-order valence-corrected chi connectivity index (χ0v) is 14.6. The number of carbonyl (C=O) groups is 2. The zero-order chi connectivity index (χ0) is 17.2. The highest BCUT2D eigenvalue weighted by Crippen LogP contribution is 2.24. The molecule has 126 valence electrons. The van der Waals surface area contributed by atoms with Crippen LogP contribution in [-0.4, -0.2) is 67.0 Å². The Balaban J connectivity index is 2.06. The number of thioether (sulfide) groups is 1. The number of aromatic nitrogens is 1. The molecule has 0 spiro atoms. The summed E-state index contributed by atoms with van der Waals surface area (Å²) in [6.45, 7) is 2.50. The summed E-state index contributed by atoms with van der Waals surface area (Å²) in [4.78, 5) is 29.0. The first-order chi connectivity index (χ1) is 10.7. The van der Waals surface area contributed by atoms with Crippen LogP contribution in [0.4, 0.5) is 4.79 Å². The van der Waals surface area contributed by atoms with Crippen LogP contribution in [0.15, 0.2) is 28.3 Å². The van der Waals surface area contributed by atoms with Crippen molar-refractivity contribution in [3.05, 3.63) is 18.3 Å². The first kappa shape index (κ1) is 17.7. The van der Waals surface area contributed by atoms with Gasteiger partial charge in [-0.25, -0.2) is 22.5 Å². The van der Waals surface area contributed by atoms with Gasteiger partial charge in [0.2, 0.25) is 15.9 Å². The third-order valence-electron chi connectivity index (χ3n) is 3.26. The second-order valence-corrected chi connectivity index (χ2v) is 8.61. The Labute approximate surface area is 139 Å². The van der Waals surface area contributed by atoms with Crippen LogP contribution in [0, 0.1) is 0 Å². The van der Waals surface area contributed by atoms with Crippen LogP contribution in [0.5, 0.6) is 0 Å². The summed E-state index contributed by atoms with van der Waals surface area (Å²) >= 11 is 1.18. The predicted molar refractivity (Wildman–Crippen MR) is 85.5 cm³/mol. The lowest BCUT2D eigenvalue weighted by Crippen LogP contribution is -2.38. The predicted octanol–water partition coefficient (Wildman–Crippen LogP) is 0.364. The van der Waals surface area contributed by atoms with Gasteiger partial charge in [-0.2, -0.15) is 0 Å². The van der Waals surface area contributed by atoms with Crippen molar-refractivity contribution in [3.8, 4) is 0 Å². The van der Waals surface area contributed by atoms with Crippen molar-refractivity contribution in [2.45, 2.75) is 22.1 Å². The smallest absolute Gasteiger partial charge is 0.324 e. The van der Waals surface area contributed by atoms with E-state index < -0.39 is 15.3 Å². The number of sulfonamides is 1. The lowest BCUT2D eigenvalue weighted by Gasteiger charge is -2.17. The summed E-state index contributed by atoms with van der Waals surface area (Å²) in [5.74, 6) is -0.295. The third kappa shape index (κ3) is 3.82. The zero-order valence-electron chi connectivity index (χ0n) is 13.0. The fourth-order valence-corrected chi connectivity index (χ4v) is 3.63. The first-order valence-corrected chi connectivity index (χ1v) is 9.20. The third-order valence-corrected chi connectivity index (χ3v) is 6.09. The van der Waals surface area contributed by atoms with E-state index >= 15 is 0 Å². The van der Waals surface area contributed by atoms with Gasteiger partial charge in [-0.3, -0.25) is 9.69 Å². The van der Waals surface area contributed by atoms with E-state index in [1.807, 2.05) is 0 Å². The summed E-state index contributed by atoms with van der Waals surface area (Å²) in [5, 5.41) is 2.59. The molecule has 0 bridgehead atoms. The van der Waals surface area contributed by atoms with Gasteiger partial charge in [0.25, 0.3) is 0 Å². The first-order valence-electron chi connectivity index (χ1n) is 6.88. The molecule has 3 amide bonds. The van der Waals surface area contributed by atoms with Gasteiger partial charge in [-0.15, -0.1) is 0 Å². The normalized spacial score (nSPS) is 16.5. The van der Waals surface area contributed by atoms with Crippen LogP contribution in [0.3, 0.4) is 0 Å². The summed E-state index contributed by atoms with van der Waals surface area (Å²) < 4.78 is 25.0. The Kier molecular flexibility index (Phi) is 5.27. The number of amides is 3. The Morgan fingerprint density at radius 2 is 2.13 bits per heavy atom. The summed E-state index contributed by atoms with van der Waals surface area (Å²) in [5.41, 5.74) is 0. The fraction of sp³-hybridized carbons (Fsp3) is 0.462. The molecule has 0 aliphatic carbocycles. The molecule has 1 fully saturated rings. The molecule has 10 heteroatoms. The van der Waals surface area contributed by atoms with Gasteiger partial charge >= 0.3 is 6.03 Å². The molecular formula is C13H18N4O4S2. The molecule has 0 radical (unpaired) electrons. The number of pyridine rings is 1. The highest BCUT2D eigenvalue weighted by molar-refractivity contribution is 8.00. The Morgan fingerprint density at radius 3 is 2.61 bits per heavy atom. The summed E-state index contributed by atoms with van der Waals surface area (Å²) in [6.07, 6.45) is 1.26. The summed E-state index contributed by atoms with van der Waals surface area (Å²) in [7, 11) is -0.637. The molecule has 23 heavy (non-hydrogen) atoms. The number of nitrogens with one attached hydrogen (secondary N) is 1. The number of hydrogen-bond donors (Lipinski definition) is 1. The number of carbonyl (C=O) groups excluding carboxylic acids is 2. The van der Waals surface area contributed by atoms with Crippen molar-refractivity contribution < 1.29 is 18.0 Å². The second-order valence-electron chi connectivity index (χ2n) is 5.10. The molecule has 1 atom stereocenters. The van der Waals surface area contributed by atoms with Crippen LogP contribution in [0.1, 0.15) is 6.92 Å². The Morgan fingerprint density at radius 1 is 1.43 bits per heavy atom. The van der Waals surface area contributed by atoms with Gasteiger partial charge in [0.15, 0.2) is 0 Å². The van der Waals surface area contributed by atoms with Gasteiger partial charge in [0.05, 0.1) is 10.3 Å². The molecule has 1 unspecified atom stereocenters. The molecule has 1 aliphatic heterocycles. The Bertz CT molecular complexity index is 703. The van der Waals surface area contributed by atoms with Crippen LogP contribution >= 0.6 is 11.8 Å². The van der Waals surface area contributed by atoms with E-state index in [2.05, 4.69) is 10.3 Å². The number of imide groups is 1. The number of rotatable bonds is 5. The van der Waals surface area contributed by atoms with E-state index in [1.165, 1.54) is 43.0 Å². The van der Waals surface area contributed by atoms with E-state index in [-0.39, 0.29) is 16.8 Å². The van der Waals surface area contributed by atoms with E-state index in [9.17, 15) is 18.0 Å². The number of hydrogen-bond acceptors (Lipinski definition) is 6. The van der Waals surface area contributed by atoms with Crippen molar-refractivity contribution in [2.75, 3.05) is 27.2 Å². The van der Waals surface area contributed by atoms with Crippen molar-refractivity contribution in [1.29, 1.82) is 0 Å². The molecule has 0 aromatic carbocycles. The number of urea groups is 1. The highest BCUT2D eigenvalue weighted by atomic mass is 32.2. The minimum atomic E-state index is -3.53. The van der Waals surface area contributed by atoms with Gasteiger partial charge < -0.3 is 5.32 Å². The maximum absolute atomic E-state index is 12.2. The van der Waals surface area contributed by atoms with Gasteiger partial charge in [-0.05, 0) is 19.1 Å². The summed E-state index contributed by atoms with van der Waals surface area (Å²) in [6, 6.07) is 2.61. The fourth-order valence-electron chi connectivity index (χ4n) is 1.93. The molecule has 2 rings (SSSR count). The molecule has 2 heterocycles. The van der Waals surface area contributed by atoms with Gasteiger partial charge in [-0.1, -0.05) is 11.8 Å². The van der Waals surface area contributed by atoms with Crippen molar-refractivity contribution in [2.24, 2.45) is 0 Å². The average molecular weight is 358 g/mol. The Hall–Kier alpha value is -1.65. The van der Waals surface area contributed by atoms with Crippen LogP contribution < -0.4 is 5.32 Å². The average Bonchev–Trinajstić information content (AvgIpc) is 2.93. The van der Waals surface area contributed by atoms with E-state index in [0.29, 0.717) is 18.1 Å².